The Bertz CT molecular complexity index is 104. The predicted molar refractivity (Wildman–Crippen MR) is 45.3 cm³/mol. The van der Waals surface area contributed by atoms with Gasteiger partial charge < -0.3 is 10.5 Å². The van der Waals surface area contributed by atoms with E-state index < -0.39 is 0 Å². The Morgan fingerprint density at radius 1 is 1.50 bits per heavy atom. The summed E-state index contributed by atoms with van der Waals surface area (Å²) in [6.45, 7) is 6.06. The molecule has 60 valence electrons. The van der Waals surface area contributed by atoms with Crippen LogP contribution in [0, 0.1) is 0 Å². The van der Waals surface area contributed by atoms with E-state index in [4.69, 9.17) is 10.5 Å². The molecule has 0 spiro atoms. The Morgan fingerprint density at radius 3 is 2.40 bits per heavy atom. The average molecular weight is 161 g/mol. The number of hydrogen-bond acceptors (Lipinski definition) is 3. The lowest BCUT2D eigenvalue weighted by Gasteiger charge is -2.29. The molecular weight excluding hydrogens is 146 g/mol. The van der Waals surface area contributed by atoms with Crippen LogP contribution >= 0.6 is 11.8 Å². The lowest BCUT2D eigenvalue weighted by atomic mass is 10.3. The van der Waals surface area contributed by atoms with Gasteiger partial charge in [0, 0.05) is 11.3 Å². The molecule has 2 atom stereocenters. The molecule has 1 saturated heterocycles. The number of rotatable bonds is 3. The molecule has 0 aromatic carbocycles. The second-order valence-electron chi connectivity index (χ2n) is 2.86. The Morgan fingerprint density at radius 2 is 2.10 bits per heavy atom. The summed E-state index contributed by atoms with van der Waals surface area (Å²) >= 11 is 1.94. The summed E-state index contributed by atoms with van der Waals surface area (Å²) in [5.41, 5.74) is 5.70. The molecule has 0 radical (unpaired) electrons. The maximum Gasteiger partial charge on any atom is 0.0608 e. The molecule has 0 aliphatic carbocycles. The highest BCUT2D eigenvalue weighted by molar-refractivity contribution is 8.00. The topological polar surface area (TPSA) is 35.2 Å². The van der Waals surface area contributed by atoms with Gasteiger partial charge in [-0.1, -0.05) is 6.92 Å². The molecule has 1 fully saturated rings. The Balaban J connectivity index is 2.10. The van der Waals surface area contributed by atoms with Crippen LogP contribution in [0.1, 0.15) is 13.8 Å². The van der Waals surface area contributed by atoms with E-state index in [9.17, 15) is 0 Å². The van der Waals surface area contributed by atoms with Gasteiger partial charge in [0.15, 0.2) is 0 Å². The van der Waals surface area contributed by atoms with Gasteiger partial charge in [-0.15, -0.1) is 11.8 Å². The van der Waals surface area contributed by atoms with Crippen LogP contribution in [0.4, 0.5) is 0 Å². The van der Waals surface area contributed by atoms with Crippen LogP contribution in [0.3, 0.4) is 0 Å². The summed E-state index contributed by atoms with van der Waals surface area (Å²) < 4.78 is 5.05. The van der Waals surface area contributed by atoms with Gasteiger partial charge in [0.1, 0.15) is 0 Å². The molecule has 0 aromatic rings. The zero-order valence-corrected chi connectivity index (χ0v) is 7.36. The minimum Gasteiger partial charge on any atom is -0.379 e. The molecule has 0 saturated carbocycles. The molecule has 2 nitrogen and oxygen atoms in total. The fourth-order valence-corrected chi connectivity index (χ4v) is 1.92. The molecule has 2 unspecified atom stereocenters. The normalized spacial score (nSPS) is 25.5. The Hall–Kier alpha value is 0.270. The fraction of sp³-hybridized carbons (Fsp3) is 1.00. The predicted octanol–water partition coefficient (Wildman–Crippen LogP) is 0.854. The summed E-state index contributed by atoms with van der Waals surface area (Å²) in [4.78, 5) is 0. The van der Waals surface area contributed by atoms with Crippen molar-refractivity contribution < 1.29 is 4.74 Å². The average Bonchev–Trinajstić information content (AvgIpc) is 1.77. The molecule has 0 bridgehead atoms. The van der Waals surface area contributed by atoms with E-state index >= 15 is 0 Å². The third-order valence-electron chi connectivity index (χ3n) is 1.76. The third-order valence-corrected chi connectivity index (χ3v) is 3.27. The lowest BCUT2D eigenvalue weighted by Crippen LogP contribution is -2.36. The zero-order valence-electron chi connectivity index (χ0n) is 6.54. The van der Waals surface area contributed by atoms with E-state index in [1.807, 2.05) is 11.8 Å². The van der Waals surface area contributed by atoms with Crippen LogP contribution in [0.15, 0.2) is 0 Å². The molecule has 10 heavy (non-hydrogen) atoms. The third kappa shape index (κ3) is 2.15. The molecule has 1 aliphatic rings. The second-order valence-corrected chi connectivity index (χ2v) is 4.54. The standard InChI is InChI=1S/C7H15NOS/c1-5(8)6(2)10-7-3-9-4-7/h5-7H,3-4,8H2,1-2H3. The summed E-state index contributed by atoms with van der Waals surface area (Å²) in [6.07, 6.45) is 0. The quantitative estimate of drug-likeness (QED) is 0.666. The molecular formula is C7H15NOS. The molecule has 1 heterocycles. The van der Waals surface area contributed by atoms with Gasteiger partial charge in [-0.3, -0.25) is 0 Å². The summed E-state index contributed by atoms with van der Waals surface area (Å²) in [6, 6.07) is 0.297. The minimum absolute atomic E-state index is 0.297. The first-order valence-electron chi connectivity index (χ1n) is 3.69. The number of nitrogens with two attached hydrogens (primary N) is 1. The molecule has 1 aliphatic heterocycles. The maximum absolute atomic E-state index is 5.70. The van der Waals surface area contributed by atoms with Crippen LogP contribution < -0.4 is 5.73 Å². The maximum atomic E-state index is 5.70. The number of hydrogen-bond donors (Lipinski definition) is 1. The first-order chi connectivity index (χ1) is 4.70. The number of ether oxygens (including phenoxy) is 1. The van der Waals surface area contributed by atoms with Gasteiger partial charge in [0.2, 0.25) is 0 Å². The highest BCUT2D eigenvalue weighted by Crippen LogP contribution is 2.24. The van der Waals surface area contributed by atoms with E-state index in [0.717, 1.165) is 13.2 Å². The number of thioether (sulfide) groups is 1. The summed E-state index contributed by atoms with van der Waals surface area (Å²) in [5, 5.41) is 1.27. The Labute approximate surface area is 66.5 Å². The minimum atomic E-state index is 0.297. The van der Waals surface area contributed by atoms with Gasteiger partial charge in [-0.25, -0.2) is 0 Å². The van der Waals surface area contributed by atoms with Crippen LogP contribution in [0.2, 0.25) is 0 Å². The molecule has 0 amide bonds. The van der Waals surface area contributed by atoms with Gasteiger partial charge in [-0.05, 0) is 6.92 Å². The van der Waals surface area contributed by atoms with Gasteiger partial charge in [0.05, 0.1) is 18.5 Å². The van der Waals surface area contributed by atoms with E-state index in [-0.39, 0.29) is 0 Å². The highest BCUT2D eigenvalue weighted by atomic mass is 32.2. The highest BCUT2D eigenvalue weighted by Gasteiger charge is 2.22. The fourth-order valence-electron chi connectivity index (χ4n) is 0.720. The molecule has 1 rings (SSSR count). The summed E-state index contributed by atoms with van der Waals surface area (Å²) in [5.74, 6) is 0. The smallest absolute Gasteiger partial charge is 0.0608 e. The Kier molecular flexibility index (Phi) is 3.01. The van der Waals surface area contributed by atoms with Crippen LogP contribution in [-0.4, -0.2) is 29.8 Å². The van der Waals surface area contributed by atoms with Crippen molar-refractivity contribution in [2.24, 2.45) is 5.73 Å². The molecule has 2 N–H and O–H groups in total. The lowest BCUT2D eigenvalue weighted by molar-refractivity contribution is 0.0453. The molecule has 3 heteroatoms. The van der Waals surface area contributed by atoms with E-state index in [1.54, 1.807) is 0 Å². The van der Waals surface area contributed by atoms with Crippen molar-refractivity contribution in [1.29, 1.82) is 0 Å². The zero-order chi connectivity index (χ0) is 7.56. The van der Waals surface area contributed by atoms with Crippen molar-refractivity contribution in [1.82, 2.24) is 0 Å². The van der Waals surface area contributed by atoms with Crippen molar-refractivity contribution in [3.63, 3.8) is 0 Å². The largest absolute Gasteiger partial charge is 0.379 e. The van der Waals surface area contributed by atoms with Crippen LogP contribution in [0.5, 0.6) is 0 Å². The second kappa shape index (κ2) is 3.60. The van der Waals surface area contributed by atoms with E-state index in [0.29, 0.717) is 16.5 Å². The van der Waals surface area contributed by atoms with Gasteiger partial charge in [-0.2, -0.15) is 0 Å². The van der Waals surface area contributed by atoms with E-state index in [1.165, 1.54) is 0 Å². The van der Waals surface area contributed by atoms with Crippen molar-refractivity contribution in [2.75, 3.05) is 13.2 Å². The van der Waals surface area contributed by atoms with Gasteiger partial charge >= 0.3 is 0 Å². The first-order valence-corrected chi connectivity index (χ1v) is 4.63. The SMILES string of the molecule is CC(N)C(C)SC1COC1. The summed E-state index contributed by atoms with van der Waals surface area (Å²) in [7, 11) is 0. The van der Waals surface area contributed by atoms with Crippen molar-refractivity contribution in [3.05, 3.63) is 0 Å². The van der Waals surface area contributed by atoms with Gasteiger partial charge in [0.25, 0.3) is 0 Å². The van der Waals surface area contributed by atoms with E-state index in [2.05, 4.69) is 13.8 Å². The monoisotopic (exact) mass is 161 g/mol. The van der Waals surface area contributed by atoms with Crippen molar-refractivity contribution in [2.45, 2.75) is 30.4 Å². The van der Waals surface area contributed by atoms with Crippen molar-refractivity contribution >= 4 is 11.8 Å². The van der Waals surface area contributed by atoms with Crippen LogP contribution in [0.25, 0.3) is 0 Å². The molecule has 0 aromatic heterocycles. The van der Waals surface area contributed by atoms with Crippen molar-refractivity contribution in [3.8, 4) is 0 Å². The van der Waals surface area contributed by atoms with Crippen LogP contribution in [-0.2, 0) is 4.74 Å². The first kappa shape index (κ1) is 8.37.